The van der Waals surface area contributed by atoms with Crippen LogP contribution in [0.25, 0.3) is 11.1 Å². The van der Waals surface area contributed by atoms with Crippen LogP contribution in [-0.2, 0) is 6.42 Å². The molecule has 0 saturated carbocycles. The molecule has 0 bridgehead atoms. The van der Waals surface area contributed by atoms with Crippen molar-refractivity contribution in [2.75, 3.05) is 28.4 Å². The molecular formula is C27H24ClN3O10. The van der Waals surface area contributed by atoms with E-state index in [2.05, 4.69) is 5.32 Å². The SMILES string of the molecule is COc1c(Cl)c2c(c(OC)c1OC)-c1ccc(OC)c(=O)cc1[C@@H](NC(=O)c1cc([N+](=O)[O-])cc([N+](=O)[O-])c1)CC2. The highest BCUT2D eigenvalue weighted by atomic mass is 35.5. The van der Waals surface area contributed by atoms with Gasteiger partial charge in [-0.3, -0.25) is 29.8 Å². The molecule has 0 aliphatic heterocycles. The van der Waals surface area contributed by atoms with Crippen LogP contribution in [0.1, 0.15) is 33.9 Å². The molecule has 3 aromatic carbocycles. The summed E-state index contributed by atoms with van der Waals surface area (Å²) in [5.41, 5.74) is -0.0760. The number of ether oxygens (including phenoxy) is 4. The summed E-state index contributed by atoms with van der Waals surface area (Å²) >= 11 is 6.78. The number of fused-ring (bicyclic) bond motifs is 3. The van der Waals surface area contributed by atoms with Crippen LogP contribution in [0.3, 0.4) is 0 Å². The van der Waals surface area contributed by atoms with Gasteiger partial charge in [-0.05, 0) is 41.7 Å². The molecule has 13 nitrogen and oxygen atoms in total. The van der Waals surface area contributed by atoms with Gasteiger partial charge in [0.2, 0.25) is 11.2 Å². The van der Waals surface area contributed by atoms with E-state index in [1.807, 2.05) is 0 Å². The monoisotopic (exact) mass is 585 g/mol. The van der Waals surface area contributed by atoms with Gasteiger partial charge in [-0.25, -0.2) is 0 Å². The van der Waals surface area contributed by atoms with E-state index in [-0.39, 0.29) is 46.4 Å². The molecule has 0 saturated heterocycles. The lowest BCUT2D eigenvalue weighted by Gasteiger charge is -2.21. The zero-order valence-corrected chi connectivity index (χ0v) is 23.1. The zero-order chi connectivity index (χ0) is 30.0. The third-order valence-electron chi connectivity index (χ3n) is 6.70. The van der Waals surface area contributed by atoms with Crippen LogP contribution in [0.5, 0.6) is 23.0 Å². The maximum atomic E-state index is 13.4. The number of nitro groups is 2. The summed E-state index contributed by atoms with van der Waals surface area (Å²) in [6.07, 6.45) is 0.488. The van der Waals surface area contributed by atoms with Crippen molar-refractivity contribution >= 4 is 28.9 Å². The van der Waals surface area contributed by atoms with Crippen molar-refractivity contribution in [2.24, 2.45) is 0 Å². The number of halogens is 1. The van der Waals surface area contributed by atoms with Gasteiger partial charge in [0.15, 0.2) is 17.2 Å². The van der Waals surface area contributed by atoms with E-state index >= 15 is 0 Å². The Balaban J connectivity index is 1.95. The number of hydrogen-bond acceptors (Lipinski definition) is 10. The van der Waals surface area contributed by atoms with Crippen molar-refractivity contribution in [3.05, 3.63) is 88.6 Å². The van der Waals surface area contributed by atoms with Crippen molar-refractivity contribution in [3.8, 4) is 34.1 Å². The van der Waals surface area contributed by atoms with Gasteiger partial charge in [-0.15, -0.1) is 0 Å². The van der Waals surface area contributed by atoms with E-state index in [9.17, 15) is 29.8 Å². The lowest BCUT2D eigenvalue weighted by molar-refractivity contribution is -0.394. The average Bonchev–Trinajstić information content (AvgIpc) is 3.21. The predicted molar refractivity (Wildman–Crippen MR) is 148 cm³/mol. The fourth-order valence-electron chi connectivity index (χ4n) is 4.87. The summed E-state index contributed by atoms with van der Waals surface area (Å²) in [5, 5.41) is 25.8. The number of hydrogen-bond donors (Lipinski definition) is 1. The van der Waals surface area contributed by atoms with Gasteiger partial charge in [0.25, 0.3) is 17.3 Å². The third kappa shape index (κ3) is 5.31. The van der Waals surface area contributed by atoms with Crippen molar-refractivity contribution in [3.63, 3.8) is 0 Å². The lowest BCUT2D eigenvalue weighted by atomic mass is 9.95. The minimum absolute atomic E-state index is 0.0320. The number of carbonyl (C=O) groups excluding carboxylic acids is 1. The second-order valence-electron chi connectivity index (χ2n) is 8.86. The van der Waals surface area contributed by atoms with Crippen LogP contribution >= 0.6 is 11.6 Å². The van der Waals surface area contributed by atoms with E-state index in [1.165, 1.54) is 40.6 Å². The highest BCUT2D eigenvalue weighted by Crippen LogP contribution is 2.54. The molecule has 1 N–H and O–H groups in total. The van der Waals surface area contributed by atoms with Gasteiger partial charge >= 0.3 is 0 Å². The number of methoxy groups -OCH3 is 4. The molecule has 41 heavy (non-hydrogen) atoms. The summed E-state index contributed by atoms with van der Waals surface area (Å²) < 4.78 is 22.0. The number of nitro benzene ring substituents is 2. The fourth-order valence-corrected chi connectivity index (χ4v) is 5.22. The predicted octanol–water partition coefficient (Wildman–Crippen LogP) is 4.64. The Morgan fingerprint density at radius 2 is 1.51 bits per heavy atom. The molecule has 1 aliphatic rings. The van der Waals surface area contributed by atoms with Crippen molar-refractivity contribution in [2.45, 2.75) is 18.9 Å². The molecular weight excluding hydrogens is 562 g/mol. The molecule has 0 fully saturated rings. The van der Waals surface area contributed by atoms with Gasteiger partial charge in [-0.2, -0.15) is 0 Å². The fraction of sp³-hybridized carbons (Fsp3) is 0.259. The quantitative estimate of drug-likeness (QED) is 0.290. The standard InChI is InChI=1S/C27H24ClN3O10/c1-38-21-8-6-16-18(12-20(21)32)19(29-27(33)13-9-14(30(34)35)11-15(10-13)31(36)37)7-5-17-22(16)24(39-2)26(41-4)25(40-3)23(17)28/h6,8-12,19H,5,7H2,1-4H3,(H,29,33)/t19-/m0/s1. The number of rotatable bonds is 8. The maximum Gasteiger partial charge on any atom is 0.277 e. The van der Waals surface area contributed by atoms with Gasteiger partial charge < -0.3 is 24.3 Å². The van der Waals surface area contributed by atoms with Gasteiger partial charge in [0.1, 0.15) is 0 Å². The lowest BCUT2D eigenvalue weighted by Crippen LogP contribution is -2.29. The molecule has 1 atom stereocenters. The number of amides is 1. The molecule has 3 aromatic rings. The summed E-state index contributed by atoms with van der Waals surface area (Å²) in [6, 6.07) is 6.22. The zero-order valence-electron chi connectivity index (χ0n) is 22.3. The Morgan fingerprint density at radius 1 is 0.902 bits per heavy atom. The molecule has 0 unspecified atom stereocenters. The van der Waals surface area contributed by atoms with Crippen molar-refractivity contribution < 1.29 is 33.6 Å². The molecule has 1 aliphatic carbocycles. The van der Waals surface area contributed by atoms with E-state index < -0.39 is 38.6 Å². The minimum atomic E-state index is -0.842. The summed E-state index contributed by atoms with van der Waals surface area (Å²) in [7, 11) is 5.63. The molecule has 14 heteroatoms. The largest absolute Gasteiger partial charge is 0.493 e. The topological polar surface area (TPSA) is 169 Å². The van der Waals surface area contributed by atoms with Crippen LogP contribution < -0.4 is 29.7 Å². The molecule has 0 aromatic heterocycles. The first-order valence-corrected chi connectivity index (χ1v) is 12.4. The normalized spacial score (nSPS) is 13.6. The first-order chi connectivity index (χ1) is 19.6. The summed E-state index contributed by atoms with van der Waals surface area (Å²) in [5.74, 6) is -0.0525. The Bertz CT molecular complexity index is 1610. The summed E-state index contributed by atoms with van der Waals surface area (Å²) in [4.78, 5) is 47.5. The molecule has 214 valence electrons. The highest BCUT2D eigenvalue weighted by molar-refractivity contribution is 6.34. The van der Waals surface area contributed by atoms with E-state index in [4.69, 9.17) is 30.5 Å². The Labute approximate surface area is 237 Å². The van der Waals surface area contributed by atoms with Gasteiger partial charge in [-0.1, -0.05) is 17.7 Å². The Hall–Kier alpha value is -4.91. The summed E-state index contributed by atoms with van der Waals surface area (Å²) in [6.45, 7) is 0. The Morgan fingerprint density at radius 3 is 2.05 bits per heavy atom. The van der Waals surface area contributed by atoms with Crippen molar-refractivity contribution in [1.82, 2.24) is 5.32 Å². The maximum absolute atomic E-state index is 13.4. The molecule has 1 amide bonds. The average molecular weight is 586 g/mol. The third-order valence-corrected chi connectivity index (χ3v) is 7.10. The molecule has 4 rings (SSSR count). The number of benzene rings is 2. The molecule has 0 heterocycles. The minimum Gasteiger partial charge on any atom is -0.493 e. The molecule has 0 radical (unpaired) electrons. The van der Waals surface area contributed by atoms with Crippen molar-refractivity contribution in [1.29, 1.82) is 0 Å². The van der Waals surface area contributed by atoms with E-state index in [0.29, 0.717) is 22.3 Å². The second kappa shape index (κ2) is 11.7. The Kier molecular flexibility index (Phi) is 8.28. The first kappa shape index (κ1) is 29.1. The highest BCUT2D eigenvalue weighted by Gasteiger charge is 2.33. The number of nitrogens with one attached hydrogen (secondary N) is 1. The number of non-ortho nitro benzene ring substituents is 2. The van der Waals surface area contributed by atoms with Crippen LogP contribution in [0, 0.1) is 20.2 Å². The van der Waals surface area contributed by atoms with Gasteiger partial charge in [0.05, 0.1) is 61.0 Å². The molecule has 0 spiro atoms. The second-order valence-corrected chi connectivity index (χ2v) is 9.24. The van der Waals surface area contributed by atoms with Crippen LogP contribution in [0.2, 0.25) is 5.02 Å². The van der Waals surface area contributed by atoms with Crippen LogP contribution in [0.15, 0.2) is 41.2 Å². The number of carbonyl (C=O) groups is 1. The first-order valence-electron chi connectivity index (χ1n) is 12.0. The van der Waals surface area contributed by atoms with Gasteiger partial charge in [0, 0.05) is 17.7 Å². The van der Waals surface area contributed by atoms with Crippen LogP contribution in [-0.4, -0.2) is 44.2 Å². The smallest absolute Gasteiger partial charge is 0.277 e. The number of nitrogens with zero attached hydrogens (tertiary/aromatic N) is 2. The van der Waals surface area contributed by atoms with Crippen LogP contribution in [0.4, 0.5) is 11.4 Å². The van der Waals surface area contributed by atoms with E-state index in [1.54, 1.807) is 6.07 Å². The van der Waals surface area contributed by atoms with E-state index in [0.717, 1.165) is 18.2 Å².